The Balaban J connectivity index is 2.78. The molecule has 0 aliphatic carbocycles. The largest absolute Gasteiger partial charge is 0.385 e. The molecule has 0 fully saturated rings. The van der Waals surface area contributed by atoms with Gasteiger partial charge in [0.2, 0.25) is 0 Å². The molecule has 0 unspecified atom stereocenters. The van der Waals surface area contributed by atoms with Gasteiger partial charge in [-0.15, -0.1) is 0 Å². The van der Waals surface area contributed by atoms with E-state index in [2.05, 4.69) is 10.6 Å². The molecule has 21 heavy (non-hydrogen) atoms. The van der Waals surface area contributed by atoms with Crippen molar-refractivity contribution in [1.29, 1.82) is 0 Å². The Morgan fingerprint density at radius 1 is 1.38 bits per heavy atom. The second-order valence-electron chi connectivity index (χ2n) is 4.52. The van der Waals surface area contributed by atoms with Gasteiger partial charge < -0.3 is 15.4 Å². The maximum absolute atomic E-state index is 12.0. The maximum atomic E-state index is 12.0. The molecule has 0 aliphatic rings. The summed E-state index contributed by atoms with van der Waals surface area (Å²) in [7, 11) is 1.60. The zero-order valence-electron chi connectivity index (χ0n) is 12.3. The summed E-state index contributed by atoms with van der Waals surface area (Å²) >= 11 is 0. The number of ether oxygens (including phenoxy) is 1. The van der Waals surface area contributed by atoms with Gasteiger partial charge in [0.25, 0.3) is 11.6 Å². The molecular formula is C14H21N3O4. The molecule has 0 bridgehead atoms. The highest BCUT2D eigenvalue weighted by Crippen LogP contribution is 2.25. The Kier molecular flexibility index (Phi) is 7.17. The summed E-state index contributed by atoms with van der Waals surface area (Å²) in [5.74, 6) is -0.249. The van der Waals surface area contributed by atoms with Crippen molar-refractivity contribution in [2.45, 2.75) is 19.8 Å². The van der Waals surface area contributed by atoms with Crippen LogP contribution >= 0.6 is 0 Å². The monoisotopic (exact) mass is 295 g/mol. The number of carbonyl (C=O) groups is 1. The van der Waals surface area contributed by atoms with Gasteiger partial charge in [0.1, 0.15) is 5.69 Å². The van der Waals surface area contributed by atoms with Crippen molar-refractivity contribution >= 4 is 17.3 Å². The van der Waals surface area contributed by atoms with Crippen molar-refractivity contribution in [3.63, 3.8) is 0 Å². The average molecular weight is 295 g/mol. The second-order valence-corrected chi connectivity index (χ2v) is 4.52. The zero-order valence-corrected chi connectivity index (χ0v) is 12.3. The number of benzene rings is 1. The van der Waals surface area contributed by atoms with E-state index >= 15 is 0 Å². The third-order valence-corrected chi connectivity index (χ3v) is 2.83. The van der Waals surface area contributed by atoms with Crippen molar-refractivity contribution in [3.8, 4) is 0 Å². The van der Waals surface area contributed by atoms with Gasteiger partial charge in [-0.25, -0.2) is 0 Å². The van der Waals surface area contributed by atoms with Crippen LogP contribution in [0.25, 0.3) is 0 Å². The van der Waals surface area contributed by atoms with Crippen LogP contribution in [-0.4, -0.2) is 37.6 Å². The molecule has 0 heterocycles. The number of amides is 1. The molecule has 1 aromatic carbocycles. The number of methoxy groups -OCH3 is 1. The molecule has 0 spiro atoms. The van der Waals surface area contributed by atoms with E-state index in [0.717, 1.165) is 12.8 Å². The van der Waals surface area contributed by atoms with Gasteiger partial charge in [-0.1, -0.05) is 6.92 Å². The van der Waals surface area contributed by atoms with Gasteiger partial charge >= 0.3 is 0 Å². The number of anilines is 1. The molecule has 1 aromatic rings. The summed E-state index contributed by atoms with van der Waals surface area (Å²) in [6, 6.07) is 4.32. The molecule has 0 saturated heterocycles. The fourth-order valence-corrected chi connectivity index (χ4v) is 1.76. The normalized spacial score (nSPS) is 10.2. The van der Waals surface area contributed by atoms with E-state index in [1.54, 1.807) is 7.11 Å². The molecule has 1 rings (SSSR count). The number of carbonyl (C=O) groups excluding carboxylic acids is 1. The summed E-state index contributed by atoms with van der Waals surface area (Å²) in [6.45, 7) is 3.65. The van der Waals surface area contributed by atoms with Gasteiger partial charge in [0.15, 0.2) is 0 Å². The second kappa shape index (κ2) is 8.91. The molecule has 0 aromatic heterocycles. The van der Waals surface area contributed by atoms with Gasteiger partial charge in [-0.3, -0.25) is 14.9 Å². The Morgan fingerprint density at radius 3 is 2.76 bits per heavy atom. The summed E-state index contributed by atoms with van der Waals surface area (Å²) in [6.07, 6.45) is 1.56. The summed E-state index contributed by atoms with van der Waals surface area (Å²) < 4.78 is 4.90. The van der Waals surface area contributed by atoms with Crippen molar-refractivity contribution in [2.75, 3.05) is 32.1 Å². The van der Waals surface area contributed by atoms with E-state index in [-0.39, 0.29) is 11.6 Å². The number of hydrogen-bond acceptors (Lipinski definition) is 5. The average Bonchev–Trinajstić information content (AvgIpc) is 2.48. The van der Waals surface area contributed by atoms with Crippen LogP contribution in [0.15, 0.2) is 18.2 Å². The highest BCUT2D eigenvalue weighted by molar-refractivity contribution is 5.95. The highest BCUT2D eigenvalue weighted by atomic mass is 16.6. The first kappa shape index (κ1) is 16.9. The Hall–Kier alpha value is -2.15. The SMILES string of the molecule is CCCNc1cc(C(=O)NCCCOC)ccc1[N+](=O)[O-]. The number of nitrogens with one attached hydrogen (secondary N) is 2. The lowest BCUT2D eigenvalue weighted by Gasteiger charge is -2.09. The molecule has 0 radical (unpaired) electrons. The number of hydrogen-bond donors (Lipinski definition) is 2. The van der Waals surface area contributed by atoms with E-state index in [1.165, 1.54) is 18.2 Å². The summed E-state index contributed by atoms with van der Waals surface area (Å²) in [5, 5.41) is 16.7. The lowest BCUT2D eigenvalue weighted by atomic mass is 10.1. The molecule has 116 valence electrons. The van der Waals surface area contributed by atoms with Crippen molar-refractivity contribution in [2.24, 2.45) is 0 Å². The predicted molar refractivity (Wildman–Crippen MR) is 80.7 cm³/mol. The lowest BCUT2D eigenvalue weighted by molar-refractivity contribution is -0.384. The minimum Gasteiger partial charge on any atom is -0.385 e. The first-order chi connectivity index (χ1) is 10.1. The minimum atomic E-state index is -0.460. The topological polar surface area (TPSA) is 93.5 Å². The third-order valence-electron chi connectivity index (χ3n) is 2.83. The quantitative estimate of drug-likeness (QED) is 0.414. The lowest BCUT2D eigenvalue weighted by Crippen LogP contribution is -2.25. The van der Waals surface area contributed by atoms with E-state index in [0.29, 0.717) is 30.9 Å². The number of nitrogens with zero attached hydrogens (tertiary/aromatic N) is 1. The number of nitro benzene ring substituents is 1. The fourth-order valence-electron chi connectivity index (χ4n) is 1.76. The summed E-state index contributed by atoms with van der Waals surface area (Å²) in [5.41, 5.74) is 0.738. The van der Waals surface area contributed by atoms with Crippen LogP contribution in [-0.2, 0) is 4.74 Å². The first-order valence-electron chi connectivity index (χ1n) is 6.89. The first-order valence-corrected chi connectivity index (χ1v) is 6.89. The van der Waals surface area contributed by atoms with Crippen LogP contribution in [0.4, 0.5) is 11.4 Å². The number of nitro groups is 1. The predicted octanol–water partition coefficient (Wildman–Crippen LogP) is 2.18. The fraction of sp³-hybridized carbons (Fsp3) is 0.500. The molecule has 0 saturated carbocycles. The molecule has 7 heteroatoms. The van der Waals surface area contributed by atoms with Crippen LogP contribution in [0.3, 0.4) is 0 Å². The molecule has 0 atom stereocenters. The van der Waals surface area contributed by atoms with E-state index in [9.17, 15) is 14.9 Å². The van der Waals surface area contributed by atoms with Crippen LogP contribution in [0.5, 0.6) is 0 Å². The van der Waals surface area contributed by atoms with Crippen molar-refractivity contribution in [1.82, 2.24) is 5.32 Å². The molecule has 7 nitrogen and oxygen atoms in total. The van der Waals surface area contributed by atoms with Gasteiger partial charge in [-0.2, -0.15) is 0 Å². The van der Waals surface area contributed by atoms with Gasteiger partial charge in [0.05, 0.1) is 4.92 Å². The van der Waals surface area contributed by atoms with E-state index < -0.39 is 4.92 Å². The van der Waals surface area contributed by atoms with Crippen LogP contribution in [0.1, 0.15) is 30.1 Å². The Bertz CT molecular complexity index is 491. The maximum Gasteiger partial charge on any atom is 0.292 e. The Labute approximate surface area is 123 Å². The molecule has 2 N–H and O–H groups in total. The minimum absolute atomic E-state index is 0.0283. The molecule has 1 amide bonds. The molecular weight excluding hydrogens is 274 g/mol. The zero-order chi connectivity index (χ0) is 15.7. The van der Waals surface area contributed by atoms with Crippen molar-refractivity contribution < 1.29 is 14.5 Å². The van der Waals surface area contributed by atoms with E-state index in [1.807, 2.05) is 6.92 Å². The Morgan fingerprint density at radius 2 is 2.14 bits per heavy atom. The highest BCUT2D eigenvalue weighted by Gasteiger charge is 2.16. The molecule has 0 aliphatic heterocycles. The van der Waals surface area contributed by atoms with Crippen molar-refractivity contribution in [3.05, 3.63) is 33.9 Å². The standard InChI is InChI=1S/C14H21N3O4/c1-3-7-15-12-10-11(5-6-13(12)17(19)20)14(18)16-8-4-9-21-2/h5-6,10,15H,3-4,7-9H2,1-2H3,(H,16,18). The summed E-state index contributed by atoms with van der Waals surface area (Å²) in [4.78, 5) is 22.5. The van der Waals surface area contributed by atoms with E-state index in [4.69, 9.17) is 4.74 Å². The van der Waals surface area contributed by atoms with Crippen LogP contribution < -0.4 is 10.6 Å². The van der Waals surface area contributed by atoms with Gasteiger partial charge in [0, 0.05) is 38.4 Å². The number of rotatable bonds is 9. The van der Waals surface area contributed by atoms with Crippen LogP contribution in [0, 0.1) is 10.1 Å². The van der Waals surface area contributed by atoms with Crippen LogP contribution in [0.2, 0.25) is 0 Å². The smallest absolute Gasteiger partial charge is 0.292 e. The third kappa shape index (κ3) is 5.39. The van der Waals surface area contributed by atoms with Gasteiger partial charge in [-0.05, 0) is 25.0 Å².